The van der Waals surface area contributed by atoms with E-state index in [9.17, 15) is 14.4 Å². The largest absolute Gasteiger partial charge is 0.457 e. The van der Waals surface area contributed by atoms with Gasteiger partial charge in [0.15, 0.2) is 0 Å². The zero-order valence-electron chi connectivity index (χ0n) is 17.7. The van der Waals surface area contributed by atoms with Crippen molar-refractivity contribution >= 4 is 40.6 Å². The van der Waals surface area contributed by atoms with Crippen LogP contribution in [-0.4, -0.2) is 22.0 Å². The van der Waals surface area contributed by atoms with E-state index in [1.54, 1.807) is 24.3 Å². The molecule has 0 radical (unpaired) electrons. The Morgan fingerprint density at radius 1 is 0.794 bits per heavy atom. The number of hydrogen-bond donors (Lipinski definition) is 1. The SMILES string of the molecule is O=C1C2Sc3[nH]c(=O)sc3C(c3cccc(Oc4ccccc4)c3)C2C(=O)N1c1ccccc1. The number of imide groups is 1. The number of carbonyl (C=O) groups is 2. The number of fused-ring (bicyclic) bond motifs is 2. The lowest BCUT2D eigenvalue weighted by atomic mass is 9.83. The minimum Gasteiger partial charge on any atom is -0.457 e. The van der Waals surface area contributed by atoms with Crippen LogP contribution in [0, 0.1) is 5.92 Å². The number of para-hydroxylation sites is 2. The molecule has 1 saturated heterocycles. The van der Waals surface area contributed by atoms with Gasteiger partial charge in [0.25, 0.3) is 0 Å². The third kappa shape index (κ3) is 3.46. The summed E-state index contributed by atoms with van der Waals surface area (Å²) < 4.78 is 6.02. The van der Waals surface area contributed by atoms with E-state index in [0.717, 1.165) is 21.8 Å². The Kier molecular flexibility index (Phi) is 5.12. The number of thiazole rings is 1. The lowest BCUT2D eigenvalue weighted by Crippen LogP contribution is -2.32. The van der Waals surface area contributed by atoms with Crippen LogP contribution in [0.15, 0.2) is 94.7 Å². The fourth-order valence-electron chi connectivity index (χ4n) is 4.60. The van der Waals surface area contributed by atoms with E-state index in [1.807, 2.05) is 60.7 Å². The third-order valence-corrected chi connectivity index (χ3v) is 8.44. The van der Waals surface area contributed by atoms with Gasteiger partial charge < -0.3 is 9.72 Å². The highest BCUT2D eigenvalue weighted by Gasteiger charge is 2.56. The van der Waals surface area contributed by atoms with E-state index < -0.39 is 17.1 Å². The average Bonchev–Trinajstić information content (AvgIpc) is 3.35. The number of nitrogens with one attached hydrogen (secondary N) is 1. The van der Waals surface area contributed by atoms with Crippen molar-refractivity contribution < 1.29 is 14.3 Å². The number of hydrogen-bond acceptors (Lipinski definition) is 6. The summed E-state index contributed by atoms with van der Waals surface area (Å²) in [6.45, 7) is 0. The summed E-state index contributed by atoms with van der Waals surface area (Å²) in [6.07, 6.45) is 0. The molecule has 3 heterocycles. The molecule has 6 nitrogen and oxygen atoms in total. The average molecular weight is 487 g/mol. The second kappa shape index (κ2) is 8.30. The number of ether oxygens (including phenoxy) is 1. The molecule has 2 amide bonds. The van der Waals surface area contributed by atoms with Crippen molar-refractivity contribution in [2.75, 3.05) is 4.90 Å². The summed E-state index contributed by atoms with van der Waals surface area (Å²) in [4.78, 5) is 44.1. The van der Waals surface area contributed by atoms with E-state index in [1.165, 1.54) is 16.7 Å². The van der Waals surface area contributed by atoms with Gasteiger partial charge in [-0.25, -0.2) is 4.90 Å². The van der Waals surface area contributed by atoms with Crippen molar-refractivity contribution in [2.24, 2.45) is 5.92 Å². The standard InChI is InChI=1S/C26H18N2O4S2/c29-24-20-19(15-8-7-13-18(14-15)32-17-11-5-2-6-12-17)21-23(27-26(31)34-21)33-22(20)25(30)28(24)16-9-3-1-4-10-16/h1-14,19-20,22H,(H,27,31). The second-order valence-corrected chi connectivity index (χ2v) is 10.3. The van der Waals surface area contributed by atoms with Crippen molar-refractivity contribution in [1.82, 2.24) is 4.98 Å². The minimum absolute atomic E-state index is 0.195. The molecule has 3 aromatic carbocycles. The van der Waals surface area contributed by atoms with Crippen LogP contribution in [0.3, 0.4) is 0 Å². The molecule has 34 heavy (non-hydrogen) atoms. The Balaban J connectivity index is 1.44. The van der Waals surface area contributed by atoms with E-state index in [0.29, 0.717) is 22.2 Å². The van der Waals surface area contributed by atoms with Crippen molar-refractivity contribution in [3.63, 3.8) is 0 Å². The van der Waals surface area contributed by atoms with Crippen LogP contribution in [0.4, 0.5) is 5.69 Å². The number of thioether (sulfide) groups is 1. The van der Waals surface area contributed by atoms with Crippen LogP contribution in [0.2, 0.25) is 0 Å². The minimum atomic E-state index is -0.622. The molecule has 2 aliphatic rings. The number of aromatic nitrogens is 1. The number of H-pyrrole nitrogens is 1. The first-order valence-electron chi connectivity index (χ1n) is 10.8. The van der Waals surface area contributed by atoms with Crippen LogP contribution in [0.25, 0.3) is 0 Å². The number of anilines is 1. The fourth-order valence-corrected chi connectivity index (χ4v) is 7.12. The van der Waals surface area contributed by atoms with E-state index in [4.69, 9.17) is 4.74 Å². The van der Waals surface area contributed by atoms with Crippen LogP contribution >= 0.6 is 23.1 Å². The highest BCUT2D eigenvalue weighted by Crippen LogP contribution is 2.53. The molecule has 4 aromatic rings. The van der Waals surface area contributed by atoms with Gasteiger partial charge >= 0.3 is 4.87 Å². The lowest BCUT2D eigenvalue weighted by Gasteiger charge is -2.30. The summed E-state index contributed by atoms with van der Waals surface area (Å²) in [7, 11) is 0. The molecule has 0 aliphatic carbocycles. The molecule has 1 aromatic heterocycles. The molecule has 3 unspecified atom stereocenters. The van der Waals surface area contributed by atoms with Crippen LogP contribution in [0.1, 0.15) is 16.4 Å². The normalized spacial score (nSPS) is 21.3. The summed E-state index contributed by atoms with van der Waals surface area (Å²) >= 11 is 2.37. The van der Waals surface area contributed by atoms with Gasteiger partial charge in [-0.1, -0.05) is 71.6 Å². The molecular formula is C26H18N2O4S2. The predicted octanol–water partition coefficient (Wildman–Crippen LogP) is 5.02. The molecule has 0 spiro atoms. The van der Waals surface area contributed by atoms with E-state index >= 15 is 0 Å². The first-order chi connectivity index (χ1) is 16.6. The molecule has 1 fully saturated rings. The Labute approximate surface area is 203 Å². The lowest BCUT2D eigenvalue weighted by molar-refractivity contribution is -0.122. The van der Waals surface area contributed by atoms with Gasteiger partial charge in [0.2, 0.25) is 11.8 Å². The Morgan fingerprint density at radius 3 is 2.26 bits per heavy atom. The summed E-state index contributed by atoms with van der Waals surface area (Å²) in [5.41, 5.74) is 1.39. The van der Waals surface area contributed by atoms with Gasteiger partial charge in [0.1, 0.15) is 16.7 Å². The predicted molar refractivity (Wildman–Crippen MR) is 132 cm³/mol. The zero-order valence-corrected chi connectivity index (χ0v) is 19.3. The monoisotopic (exact) mass is 486 g/mol. The van der Waals surface area contributed by atoms with Crippen LogP contribution < -0.4 is 14.5 Å². The summed E-state index contributed by atoms with van der Waals surface area (Å²) in [5, 5.41) is 0.0425. The highest BCUT2D eigenvalue weighted by atomic mass is 32.2. The topological polar surface area (TPSA) is 79.5 Å². The van der Waals surface area contributed by atoms with E-state index in [2.05, 4.69) is 4.98 Å². The Bertz CT molecular complexity index is 1450. The first kappa shape index (κ1) is 20.9. The maximum Gasteiger partial charge on any atom is 0.305 e. The summed E-state index contributed by atoms with van der Waals surface area (Å²) in [6, 6.07) is 26.0. The quantitative estimate of drug-likeness (QED) is 0.410. The number of aromatic amines is 1. The third-order valence-electron chi connectivity index (χ3n) is 6.03. The van der Waals surface area contributed by atoms with Gasteiger partial charge in [-0.05, 0) is 42.0 Å². The molecule has 8 heteroatoms. The Morgan fingerprint density at radius 2 is 1.50 bits per heavy atom. The first-order valence-corrected chi connectivity index (χ1v) is 12.4. The van der Waals surface area contributed by atoms with Gasteiger partial charge in [-0.15, -0.1) is 0 Å². The number of carbonyl (C=O) groups excluding carboxylic acids is 2. The number of nitrogens with zero attached hydrogens (tertiary/aromatic N) is 1. The molecular weight excluding hydrogens is 468 g/mol. The van der Waals surface area contributed by atoms with Crippen molar-refractivity contribution in [3.05, 3.63) is 105 Å². The maximum absolute atomic E-state index is 13.7. The maximum atomic E-state index is 13.7. The smallest absolute Gasteiger partial charge is 0.305 e. The number of benzene rings is 3. The molecule has 0 bridgehead atoms. The number of amides is 2. The van der Waals surface area contributed by atoms with E-state index in [-0.39, 0.29) is 16.7 Å². The van der Waals surface area contributed by atoms with Gasteiger partial charge in [-0.2, -0.15) is 0 Å². The fraction of sp³-hybridized carbons (Fsp3) is 0.115. The molecule has 1 N–H and O–H groups in total. The second-order valence-electron chi connectivity index (χ2n) is 8.08. The molecule has 0 saturated carbocycles. The molecule has 168 valence electrons. The van der Waals surface area contributed by atoms with Crippen molar-refractivity contribution in [2.45, 2.75) is 16.2 Å². The van der Waals surface area contributed by atoms with Gasteiger partial charge in [0, 0.05) is 10.8 Å². The van der Waals surface area contributed by atoms with Crippen molar-refractivity contribution in [3.8, 4) is 11.5 Å². The highest BCUT2D eigenvalue weighted by molar-refractivity contribution is 8.00. The molecule has 6 rings (SSSR count). The van der Waals surface area contributed by atoms with Crippen LogP contribution in [0.5, 0.6) is 11.5 Å². The zero-order chi connectivity index (χ0) is 23.2. The Hall–Kier alpha value is -3.62. The van der Waals surface area contributed by atoms with Crippen LogP contribution in [-0.2, 0) is 9.59 Å². The molecule has 3 atom stereocenters. The van der Waals surface area contributed by atoms with Gasteiger partial charge in [-0.3, -0.25) is 14.4 Å². The van der Waals surface area contributed by atoms with Gasteiger partial charge in [0.05, 0.1) is 16.6 Å². The number of rotatable bonds is 4. The molecule has 2 aliphatic heterocycles. The summed E-state index contributed by atoms with van der Waals surface area (Å²) in [5.74, 6) is -0.242. The van der Waals surface area contributed by atoms with Crippen molar-refractivity contribution in [1.29, 1.82) is 0 Å².